The van der Waals surface area contributed by atoms with Crippen molar-refractivity contribution in [3.05, 3.63) is 70.7 Å². The Morgan fingerprint density at radius 2 is 1.26 bits per heavy atom. The molecule has 118 valence electrons. The highest BCUT2D eigenvalue weighted by Gasteiger charge is 2.25. The van der Waals surface area contributed by atoms with Gasteiger partial charge in [0.25, 0.3) is 11.8 Å². The van der Waals surface area contributed by atoms with Gasteiger partial charge in [0.1, 0.15) is 0 Å². The summed E-state index contributed by atoms with van der Waals surface area (Å²) in [5, 5.41) is 0.550. The fourth-order valence-corrected chi connectivity index (χ4v) is 2.87. The number of halogens is 1. The summed E-state index contributed by atoms with van der Waals surface area (Å²) in [4.78, 5) is 28.4. The number of carbonyl (C=O) groups is 2. The number of hydrogen-bond acceptors (Lipinski definition) is 2. The van der Waals surface area contributed by atoms with E-state index in [9.17, 15) is 9.59 Å². The van der Waals surface area contributed by atoms with Gasteiger partial charge in [0.05, 0.1) is 0 Å². The largest absolute Gasteiger partial charge is 0.335 e. The molecule has 1 aliphatic heterocycles. The van der Waals surface area contributed by atoms with Crippen LogP contribution >= 0.6 is 11.6 Å². The van der Waals surface area contributed by atoms with Crippen molar-refractivity contribution in [1.29, 1.82) is 0 Å². The lowest BCUT2D eigenvalue weighted by atomic mass is 10.1. The molecule has 0 aliphatic carbocycles. The number of nitrogens with zero attached hydrogens (tertiary/aromatic N) is 2. The SMILES string of the molecule is O=C(c1ccccc1)N1CCN(C(=O)c2cccc(Cl)c2)CC1. The Morgan fingerprint density at radius 3 is 1.83 bits per heavy atom. The zero-order valence-electron chi connectivity index (χ0n) is 12.6. The van der Waals surface area contributed by atoms with Crippen LogP contribution in [0.2, 0.25) is 5.02 Å². The van der Waals surface area contributed by atoms with Crippen molar-refractivity contribution >= 4 is 23.4 Å². The smallest absolute Gasteiger partial charge is 0.254 e. The minimum Gasteiger partial charge on any atom is -0.335 e. The summed E-state index contributed by atoms with van der Waals surface area (Å²) in [6.07, 6.45) is 0. The highest BCUT2D eigenvalue weighted by Crippen LogP contribution is 2.15. The summed E-state index contributed by atoms with van der Waals surface area (Å²) in [6, 6.07) is 16.2. The molecule has 0 atom stereocenters. The summed E-state index contributed by atoms with van der Waals surface area (Å²) in [7, 11) is 0. The average Bonchev–Trinajstić information content (AvgIpc) is 2.61. The maximum Gasteiger partial charge on any atom is 0.254 e. The number of carbonyl (C=O) groups excluding carboxylic acids is 2. The van der Waals surface area contributed by atoms with Gasteiger partial charge >= 0.3 is 0 Å². The summed E-state index contributed by atoms with van der Waals surface area (Å²) in [6.45, 7) is 2.15. The topological polar surface area (TPSA) is 40.6 Å². The summed E-state index contributed by atoms with van der Waals surface area (Å²) in [5.41, 5.74) is 1.27. The molecule has 0 saturated carbocycles. The van der Waals surface area contributed by atoms with Crippen molar-refractivity contribution in [3.63, 3.8) is 0 Å². The van der Waals surface area contributed by atoms with E-state index < -0.39 is 0 Å². The highest BCUT2D eigenvalue weighted by atomic mass is 35.5. The summed E-state index contributed by atoms with van der Waals surface area (Å²) in [5.74, 6) is -0.0280. The predicted molar refractivity (Wildman–Crippen MR) is 89.7 cm³/mol. The van der Waals surface area contributed by atoms with E-state index in [0.29, 0.717) is 42.3 Å². The van der Waals surface area contributed by atoms with Crippen LogP contribution in [-0.4, -0.2) is 47.8 Å². The lowest BCUT2D eigenvalue weighted by Crippen LogP contribution is -2.50. The Hall–Kier alpha value is -2.33. The van der Waals surface area contributed by atoms with Crippen molar-refractivity contribution < 1.29 is 9.59 Å². The molecule has 0 radical (unpaired) electrons. The van der Waals surface area contributed by atoms with E-state index in [1.165, 1.54) is 0 Å². The van der Waals surface area contributed by atoms with Crippen LogP contribution in [0.15, 0.2) is 54.6 Å². The molecule has 0 unspecified atom stereocenters. The molecule has 1 fully saturated rings. The Kier molecular flexibility index (Phi) is 4.63. The van der Waals surface area contributed by atoms with Gasteiger partial charge in [0.15, 0.2) is 0 Å². The number of rotatable bonds is 2. The second-order valence-corrected chi connectivity index (χ2v) is 5.90. The van der Waals surface area contributed by atoms with Gasteiger partial charge in [-0.25, -0.2) is 0 Å². The van der Waals surface area contributed by atoms with Crippen LogP contribution < -0.4 is 0 Å². The predicted octanol–water partition coefficient (Wildman–Crippen LogP) is 2.94. The average molecular weight is 329 g/mol. The third kappa shape index (κ3) is 3.54. The van der Waals surface area contributed by atoms with Crippen LogP contribution in [0.5, 0.6) is 0 Å². The van der Waals surface area contributed by atoms with Gasteiger partial charge in [-0.3, -0.25) is 9.59 Å². The molecule has 2 aromatic carbocycles. The van der Waals surface area contributed by atoms with Crippen LogP contribution in [0, 0.1) is 0 Å². The van der Waals surface area contributed by atoms with Gasteiger partial charge in [0, 0.05) is 42.3 Å². The minimum absolute atomic E-state index is 0.0143. The third-order valence-corrected chi connectivity index (χ3v) is 4.18. The second kappa shape index (κ2) is 6.84. The molecular weight excluding hydrogens is 312 g/mol. The fraction of sp³-hybridized carbons (Fsp3) is 0.222. The molecule has 0 spiro atoms. The van der Waals surface area contributed by atoms with Gasteiger partial charge in [-0.2, -0.15) is 0 Å². The lowest BCUT2D eigenvalue weighted by molar-refractivity contribution is 0.0535. The molecule has 23 heavy (non-hydrogen) atoms. The van der Waals surface area contributed by atoms with Crippen molar-refractivity contribution in [1.82, 2.24) is 9.80 Å². The molecule has 3 rings (SSSR count). The monoisotopic (exact) mass is 328 g/mol. The maximum absolute atomic E-state index is 12.5. The maximum atomic E-state index is 12.5. The minimum atomic E-state index is -0.0423. The van der Waals surface area contributed by atoms with Gasteiger partial charge in [-0.15, -0.1) is 0 Å². The van der Waals surface area contributed by atoms with E-state index in [4.69, 9.17) is 11.6 Å². The first-order chi connectivity index (χ1) is 11.1. The molecule has 4 nitrogen and oxygen atoms in total. The van der Waals surface area contributed by atoms with Crippen LogP contribution in [0.25, 0.3) is 0 Å². The number of hydrogen-bond donors (Lipinski definition) is 0. The summed E-state index contributed by atoms with van der Waals surface area (Å²) < 4.78 is 0. The number of piperazine rings is 1. The zero-order chi connectivity index (χ0) is 16.2. The Labute approximate surface area is 140 Å². The molecule has 1 saturated heterocycles. The molecular formula is C18H17ClN2O2. The molecule has 5 heteroatoms. The molecule has 0 bridgehead atoms. The highest BCUT2D eigenvalue weighted by molar-refractivity contribution is 6.30. The van der Waals surface area contributed by atoms with Gasteiger partial charge in [-0.1, -0.05) is 35.9 Å². The van der Waals surface area contributed by atoms with Crippen LogP contribution in [-0.2, 0) is 0 Å². The van der Waals surface area contributed by atoms with E-state index in [0.717, 1.165) is 0 Å². The quantitative estimate of drug-likeness (QED) is 0.850. The van der Waals surface area contributed by atoms with E-state index in [1.807, 2.05) is 30.3 Å². The lowest BCUT2D eigenvalue weighted by Gasteiger charge is -2.34. The Morgan fingerprint density at radius 1 is 0.739 bits per heavy atom. The molecule has 2 aromatic rings. The van der Waals surface area contributed by atoms with Crippen LogP contribution in [0.1, 0.15) is 20.7 Å². The van der Waals surface area contributed by atoms with Crippen molar-refractivity contribution in [2.45, 2.75) is 0 Å². The first kappa shape index (κ1) is 15.6. The van der Waals surface area contributed by atoms with E-state index in [1.54, 1.807) is 34.1 Å². The first-order valence-electron chi connectivity index (χ1n) is 7.54. The van der Waals surface area contributed by atoms with Gasteiger partial charge < -0.3 is 9.80 Å². The van der Waals surface area contributed by atoms with Crippen LogP contribution in [0.3, 0.4) is 0 Å². The standard InChI is InChI=1S/C18H17ClN2O2/c19-16-8-4-7-15(13-16)18(23)21-11-9-20(10-12-21)17(22)14-5-2-1-3-6-14/h1-8,13H,9-12H2. The fourth-order valence-electron chi connectivity index (χ4n) is 2.68. The van der Waals surface area contributed by atoms with Crippen LogP contribution in [0.4, 0.5) is 0 Å². The summed E-state index contributed by atoms with van der Waals surface area (Å²) >= 11 is 5.94. The van der Waals surface area contributed by atoms with Crippen molar-refractivity contribution in [3.8, 4) is 0 Å². The molecule has 0 N–H and O–H groups in total. The normalized spacial score (nSPS) is 14.7. The molecule has 1 aliphatic rings. The number of benzene rings is 2. The van der Waals surface area contributed by atoms with E-state index in [2.05, 4.69) is 0 Å². The Balaban J connectivity index is 1.62. The molecule has 0 aromatic heterocycles. The Bertz CT molecular complexity index is 710. The second-order valence-electron chi connectivity index (χ2n) is 5.46. The third-order valence-electron chi connectivity index (χ3n) is 3.95. The number of amides is 2. The molecule has 1 heterocycles. The van der Waals surface area contributed by atoms with Crippen molar-refractivity contribution in [2.24, 2.45) is 0 Å². The molecule has 2 amide bonds. The zero-order valence-corrected chi connectivity index (χ0v) is 13.4. The van der Waals surface area contributed by atoms with Gasteiger partial charge in [-0.05, 0) is 30.3 Å². The van der Waals surface area contributed by atoms with Crippen molar-refractivity contribution in [2.75, 3.05) is 26.2 Å². The van der Waals surface area contributed by atoms with Gasteiger partial charge in [0.2, 0.25) is 0 Å². The van der Waals surface area contributed by atoms with E-state index in [-0.39, 0.29) is 11.8 Å². The first-order valence-corrected chi connectivity index (χ1v) is 7.92. The van der Waals surface area contributed by atoms with E-state index >= 15 is 0 Å².